The smallest absolute Gasteiger partial charge is 0.224 e. The molecule has 7 heteroatoms. The summed E-state index contributed by atoms with van der Waals surface area (Å²) in [5.41, 5.74) is 0.952. The highest BCUT2D eigenvalue weighted by Gasteiger charge is 2.04. The molecule has 0 amide bonds. The highest BCUT2D eigenvalue weighted by Crippen LogP contribution is 2.20. The first-order valence-electron chi connectivity index (χ1n) is 4.48. The standard InChI is InChI=1S/C9H8Cl2N4S/c1-5-14-6(4-16-5)2-12-8-7(10)3-13-9(11)15-8/h3-4H,2H2,1H3,(H,12,13,15). The molecule has 2 rings (SSSR count). The first kappa shape index (κ1) is 11.6. The van der Waals surface area contributed by atoms with Crippen LogP contribution in [0.2, 0.25) is 10.3 Å². The maximum Gasteiger partial charge on any atom is 0.224 e. The molecular formula is C9H8Cl2N4S. The van der Waals surface area contributed by atoms with E-state index in [4.69, 9.17) is 23.2 Å². The van der Waals surface area contributed by atoms with E-state index in [-0.39, 0.29) is 5.28 Å². The van der Waals surface area contributed by atoms with E-state index in [0.29, 0.717) is 17.4 Å². The van der Waals surface area contributed by atoms with E-state index in [9.17, 15) is 0 Å². The molecule has 2 aromatic rings. The summed E-state index contributed by atoms with van der Waals surface area (Å²) in [7, 11) is 0. The number of halogens is 2. The molecule has 0 fully saturated rings. The molecule has 0 saturated carbocycles. The molecule has 16 heavy (non-hydrogen) atoms. The molecule has 0 spiro atoms. The molecule has 0 aliphatic rings. The number of aromatic nitrogens is 3. The summed E-state index contributed by atoms with van der Waals surface area (Å²) >= 11 is 13.2. The molecular weight excluding hydrogens is 267 g/mol. The zero-order chi connectivity index (χ0) is 11.5. The van der Waals surface area contributed by atoms with Gasteiger partial charge < -0.3 is 5.32 Å². The monoisotopic (exact) mass is 274 g/mol. The Bertz CT molecular complexity index is 500. The summed E-state index contributed by atoms with van der Waals surface area (Å²) in [6.45, 7) is 2.53. The second-order valence-electron chi connectivity index (χ2n) is 3.05. The fourth-order valence-corrected chi connectivity index (χ4v) is 2.04. The molecule has 0 radical (unpaired) electrons. The number of thiazole rings is 1. The van der Waals surface area contributed by atoms with Gasteiger partial charge in [-0.3, -0.25) is 0 Å². The van der Waals surface area contributed by atoms with Crippen molar-refractivity contribution in [3.63, 3.8) is 0 Å². The van der Waals surface area contributed by atoms with Crippen molar-refractivity contribution < 1.29 is 0 Å². The third-order valence-corrected chi connectivity index (χ3v) is 3.10. The third-order valence-electron chi connectivity index (χ3n) is 1.82. The number of aryl methyl sites for hydroxylation is 1. The van der Waals surface area contributed by atoms with Gasteiger partial charge in [-0.25, -0.2) is 9.97 Å². The Morgan fingerprint density at radius 2 is 2.19 bits per heavy atom. The maximum atomic E-state index is 5.90. The van der Waals surface area contributed by atoms with Crippen molar-refractivity contribution in [3.05, 3.63) is 32.6 Å². The van der Waals surface area contributed by atoms with Crippen LogP contribution in [0.4, 0.5) is 5.82 Å². The lowest BCUT2D eigenvalue weighted by Gasteiger charge is -2.04. The average molecular weight is 275 g/mol. The van der Waals surface area contributed by atoms with E-state index in [1.807, 2.05) is 12.3 Å². The predicted molar refractivity (Wildman–Crippen MR) is 66.2 cm³/mol. The topological polar surface area (TPSA) is 50.7 Å². The third kappa shape index (κ3) is 2.81. The Balaban J connectivity index is 2.07. The van der Waals surface area contributed by atoms with Gasteiger partial charge in [-0.1, -0.05) is 11.6 Å². The quantitative estimate of drug-likeness (QED) is 0.874. The Morgan fingerprint density at radius 3 is 2.88 bits per heavy atom. The minimum atomic E-state index is 0.168. The van der Waals surface area contributed by atoms with Gasteiger partial charge in [0.15, 0.2) is 0 Å². The van der Waals surface area contributed by atoms with Gasteiger partial charge in [0.2, 0.25) is 5.28 Å². The van der Waals surface area contributed by atoms with E-state index in [1.54, 1.807) is 11.3 Å². The van der Waals surface area contributed by atoms with Crippen molar-refractivity contribution in [2.45, 2.75) is 13.5 Å². The highest BCUT2D eigenvalue weighted by atomic mass is 35.5. The van der Waals surface area contributed by atoms with Gasteiger partial charge in [0.1, 0.15) is 10.8 Å². The Hall–Kier alpha value is -0.910. The normalized spacial score (nSPS) is 10.4. The maximum absolute atomic E-state index is 5.90. The number of nitrogens with zero attached hydrogens (tertiary/aromatic N) is 3. The van der Waals surface area contributed by atoms with Crippen LogP contribution in [-0.4, -0.2) is 15.0 Å². The second kappa shape index (κ2) is 4.95. The average Bonchev–Trinajstić information content (AvgIpc) is 2.66. The Kier molecular flexibility index (Phi) is 3.58. The summed E-state index contributed by atoms with van der Waals surface area (Å²) < 4.78 is 0. The highest BCUT2D eigenvalue weighted by molar-refractivity contribution is 7.09. The summed E-state index contributed by atoms with van der Waals surface area (Å²) in [5.74, 6) is 0.521. The zero-order valence-electron chi connectivity index (χ0n) is 8.37. The largest absolute Gasteiger partial charge is 0.363 e. The number of nitrogens with one attached hydrogen (secondary N) is 1. The molecule has 2 heterocycles. The Morgan fingerprint density at radius 1 is 1.38 bits per heavy atom. The molecule has 0 atom stereocenters. The molecule has 0 aliphatic carbocycles. The minimum Gasteiger partial charge on any atom is -0.363 e. The van der Waals surface area contributed by atoms with Crippen LogP contribution in [0.5, 0.6) is 0 Å². The zero-order valence-corrected chi connectivity index (χ0v) is 10.7. The number of rotatable bonds is 3. The molecule has 0 saturated heterocycles. The number of hydrogen-bond donors (Lipinski definition) is 1. The molecule has 0 aliphatic heterocycles. The van der Waals surface area contributed by atoms with Crippen molar-refractivity contribution in [1.29, 1.82) is 0 Å². The summed E-state index contributed by atoms with van der Waals surface area (Å²) in [4.78, 5) is 12.1. The first-order chi connectivity index (χ1) is 7.65. The summed E-state index contributed by atoms with van der Waals surface area (Å²) in [6.07, 6.45) is 1.46. The minimum absolute atomic E-state index is 0.168. The van der Waals surface area contributed by atoms with Gasteiger partial charge in [-0.15, -0.1) is 11.3 Å². The van der Waals surface area contributed by atoms with E-state index < -0.39 is 0 Å². The van der Waals surface area contributed by atoms with Crippen LogP contribution in [0.3, 0.4) is 0 Å². The number of anilines is 1. The Labute approximate surface area is 107 Å². The van der Waals surface area contributed by atoms with Gasteiger partial charge in [0, 0.05) is 5.38 Å². The van der Waals surface area contributed by atoms with Crippen LogP contribution in [0.25, 0.3) is 0 Å². The van der Waals surface area contributed by atoms with Crippen LogP contribution in [0.1, 0.15) is 10.7 Å². The van der Waals surface area contributed by atoms with Crippen LogP contribution in [-0.2, 0) is 6.54 Å². The molecule has 2 aromatic heterocycles. The lowest BCUT2D eigenvalue weighted by molar-refractivity contribution is 1.03. The molecule has 0 aromatic carbocycles. The van der Waals surface area contributed by atoms with Crippen molar-refractivity contribution >= 4 is 40.4 Å². The van der Waals surface area contributed by atoms with Gasteiger partial charge in [-0.2, -0.15) is 4.98 Å². The van der Waals surface area contributed by atoms with E-state index in [1.165, 1.54) is 6.20 Å². The molecule has 0 bridgehead atoms. The van der Waals surface area contributed by atoms with E-state index >= 15 is 0 Å². The van der Waals surface area contributed by atoms with Crippen LogP contribution in [0.15, 0.2) is 11.6 Å². The molecule has 84 valence electrons. The van der Waals surface area contributed by atoms with Gasteiger partial charge >= 0.3 is 0 Å². The van der Waals surface area contributed by atoms with Gasteiger partial charge in [0.05, 0.1) is 23.4 Å². The van der Waals surface area contributed by atoms with E-state index in [2.05, 4.69) is 20.3 Å². The van der Waals surface area contributed by atoms with E-state index in [0.717, 1.165) is 10.7 Å². The SMILES string of the molecule is Cc1nc(CNc2nc(Cl)ncc2Cl)cs1. The lowest BCUT2D eigenvalue weighted by atomic mass is 10.4. The van der Waals surface area contributed by atoms with Crippen LogP contribution >= 0.6 is 34.5 Å². The predicted octanol–water partition coefficient (Wildman–Crippen LogP) is 3.16. The second-order valence-corrected chi connectivity index (χ2v) is 4.85. The van der Waals surface area contributed by atoms with Crippen molar-refractivity contribution in [2.75, 3.05) is 5.32 Å². The summed E-state index contributed by atoms with van der Waals surface area (Å²) in [5, 5.41) is 6.69. The van der Waals surface area contributed by atoms with Crippen molar-refractivity contribution in [2.24, 2.45) is 0 Å². The fourth-order valence-electron chi connectivity index (χ4n) is 1.13. The number of hydrogen-bond acceptors (Lipinski definition) is 5. The molecule has 4 nitrogen and oxygen atoms in total. The van der Waals surface area contributed by atoms with Gasteiger partial charge in [-0.05, 0) is 18.5 Å². The van der Waals surface area contributed by atoms with Crippen molar-refractivity contribution in [1.82, 2.24) is 15.0 Å². The first-order valence-corrected chi connectivity index (χ1v) is 6.11. The van der Waals surface area contributed by atoms with Crippen molar-refractivity contribution in [3.8, 4) is 0 Å². The fraction of sp³-hybridized carbons (Fsp3) is 0.222. The molecule has 0 unspecified atom stereocenters. The summed E-state index contributed by atoms with van der Waals surface area (Å²) in [6, 6.07) is 0. The molecule has 1 N–H and O–H groups in total. The van der Waals surface area contributed by atoms with Gasteiger partial charge in [0.25, 0.3) is 0 Å². The lowest BCUT2D eigenvalue weighted by Crippen LogP contribution is -2.03. The van der Waals surface area contributed by atoms with Crippen LogP contribution in [0, 0.1) is 6.92 Å². The van der Waals surface area contributed by atoms with Crippen LogP contribution < -0.4 is 5.32 Å².